The van der Waals surface area contributed by atoms with E-state index in [4.69, 9.17) is 9.47 Å². The first kappa shape index (κ1) is 22.9. The van der Waals surface area contributed by atoms with Crippen molar-refractivity contribution in [2.45, 2.75) is 19.5 Å². The Balaban J connectivity index is 0.00000300. The lowest BCUT2D eigenvalue weighted by Gasteiger charge is -2.36. The van der Waals surface area contributed by atoms with Gasteiger partial charge in [0.2, 0.25) is 0 Å². The maximum Gasteiger partial charge on any atom is 0.257 e. The molecule has 1 saturated heterocycles. The zero-order chi connectivity index (χ0) is 19.8. The largest absolute Gasteiger partial charge is 0.493 e. The van der Waals surface area contributed by atoms with E-state index in [0.717, 1.165) is 31.7 Å². The highest BCUT2D eigenvalue weighted by molar-refractivity contribution is 5.85. The van der Waals surface area contributed by atoms with Crippen LogP contribution in [-0.4, -0.2) is 55.7 Å². The zero-order valence-corrected chi connectivity index (χ0v) is 17.7. The van der Waals surface area contributed by atoms with Crippen LogP contribution in [0.5, 0.6) is 11.5 Å². The minimum Gasteiger partial charge on any atom is -0.493 e. The van der Waals surface area contributed by atoms with E-state index >= 15 is 0 Å². The average molecular weight is 421 g/mol. The Bertz CT molecular complexity index is 776. The van der Waals surface area contributed by atoms with Crippen LogP contribution >= 0.6 is 12.4 Å². The van der Waals surface area contributed by atoms with Gasteiger partial charge >= 0.3 is 0 Å². The third kappa shape index (κ3) is 6.32. The molecular weight excluding hydrogens is 392 g/mol. The van der Waals surface area contributed by atoms with E-state index in [1.54, 1.807) is 13.3 Å². The van der Waals surface area contributed by atoms with Crippen LogP contribution in [0, 0.1) is 0 Å². The summed E-state index contributed by atoms with van der Waals surface area (Å²) in [7, 11) is 1.61. The first-order chi connectivity index (χ1) is 13.7. The van der Waals surface area contributed by atoms with Crippen LogP contribution in [0.15, 0.2) is 42.7 Å². The van der Waals surface area contributed by atoms with Crippen LogP contribution in [0.4, 0.5) is 0 Å². The highest BCUT2D eigenvalue weighted by Crippen LogP contribution is 2.30. The van der Waals surface area contributed by atoms with Crippen LogP contribution in [0.25, 0.3) is 0 Å². The van der Waals surface area contributed by atoms with Gasteiger partial charge in [0.15, 0.2) is 18.1 Å². The Morgan fingerprint density at radius 3 is 2.93 bits per heavy atom. The summed E-state index contributed by atoms with van der Waals surface area (Å²) >= 11 is 0. The van der Waals surface area contributed by atoms with Crippen molar-refractivity contribution in [1.29, 1.82) is 0 Å². The minimum atomic E-state index is -0.145. The topological polar surface area (TPSA) is 75.7 Å². The molecule has 2 N–H and O–H groups in total. The molecule has 0 spiro atoms. The number of ether oxygens (including phenoxy) is 2. The smallest absolute Gasteiger partial charge is 0.257 e. The Morgan fingerprint density at radius 2 is 2.21 bits per heavy atom. The van der Waals surface area contributed by atoms with Crippen LogP contribution in [-0.2, 0) is 11.3 Å². The summed E-state index contributed by atoms with van der Waals surface area (Å²) in [5, 5.41) is 6.18. The van der Waals surface area contributed by atoms with E-state index in [2.05, 4.69) is 26.6 Å². The van der Waals surface area contributed by atoms with E-state index in [-0.39, 0.29) is 31.0 Å². The number of hydrogen-bond donors (Lipinski definition) is 2. The molecule has 29 heavy (non-hydrogen) atoms. The molecule has 7 nitrogen and oxygen atoms in total. The number of piperazine rings is 1. The summed E-state index contributed by atoms with van der Waals surface area (Å²) in [6, 6.07) is 10.3. The number of methoxy groups -OCH3 is 1. The SMILES string of the molecule is CCNC(=O)COc1ccc(CN2CCNCC2c2cccnc2)cc1OC.Cl. The summed E-state index contributed by atoms with van der Waals surface area (Å²) < 4.78 is 11.1. The standard InChI is InChI=1S/C21H28N4O3.ClH/c1-3-24-21(26)15-28-19-7-6-16(11-20(19)27-2)14-25-10-9-23-13-18(25)17-5-4-8-22-12-17;/h4-8,11-12,18,23H,3,9-10,13-15H2,1-2H3,(H,24,26);1H. The van der Waals surface area contributed by atoms with Crippen molar-refractivity contribution in [3.8, 4) is 11.5 Å². The van der Waals surface area contributed by atoms with Crippen molar-refractivity contribution in [3.63, 3.8) is 0 Å². The number of benzene rings is 1. The summed E-state index contributed by atoms with van der Waals surface area (Å²) in [5.41, 5.74) is 2.35. The van der Waals surface area contributed by atoms with E-state index in [0.29, 0.717) is 18.0 Å². The van der Waals surface area contributed by atoms with Gasteiger partial charge in [0.25, 0.3) is 5.91 Å². The molecule has 0 bridgehead atoms. The fourth-order valence-corrected chi connectivity index (χ4v) is 3.39. The number of nitrogens with zero attached hydrogens (tertiary/aromatic N) is 2. The molecule has 0 aliphatic carbocycles. The minimum absolute atomic E-state index is 0. The molecule has 1 aliphatic rings. The Kier molecular flexibility index (Phi) is 9.18. The monoisotopic (exact) mass is 420 g/mol. The molecule has 1 fully saturated rings. The van der Waals surface area contributed by atoms with Gasteiger partial charge in [-0.15, -0.1) is 12.4 Å². The maximum atomic E-state index is 11.6. The molecule has 0 radical (unpaired) electrons. The molecule has 1 atom stereocenters. The van der Waals surface area contributed by atoms with E-state index in [1.165, 1.54) is 5.56 Å². The number of carbonyl (C=O) groups is 1. The summed E-state index contributed by atoms with van der Waals surface area (Å²) in [5.74, 6) is 1.06. The molecule has 2 aromatic rings. The lowest BCUT2D eigenvalue weighted by atomic mass is 10.0. The second-order valence-corrected chi connectivity index (χ2v) is 6.70. The Morgan fingerprint density at radius 1 is 1.34 bits per heavy atom. The molecule has 158 valence electrons. The number of pyridine rings is 1. The average Bonchev–Trinajstić information content (AvgIpc) is 2.74. The van der Waals surface area contributed by atoms with Crippen LogP contribution in [0.2, 0.25) is 0 Å². The van der Waals surface area contributed by atoms with Gasteiger partial charge in [0, 0.05) is 51.2 Å². The van der Waals surface area contributed by atoms with Gasteiger partial charge in [-0.2, -0.15) is 0 Å². The lowest BCUT2D eigenvalue weighted by molar-refractivity contribution is -0.123. The molecule has 3 rings (SSSR count). The second-order valence-electron chi connectivity index (χ2n) is 6.70. The Labute approximate surface area is 178 Å². The maximum absolute atomic E-state index is 11.6. The van der Waals surface area contributed by atoms with Gasteiger partial charge in [0.1, 0.15) is 0 Å². The third-order valence-corrected chi connectivity index (χ3v) is 4.77. The highest BCUT2D eigenvalue weighted by atomic mass is 35.5. The number of halogens is 1. The quantitative estimate of drug-likeness (QED) is 0.681. The molecule has 2 heterocycles. The number of carbonyl (C=O) groups excluding carboxylic acids is 1. The molecule has 1 unspecified atom stereocenters. The van der Waals surface area contributed by atoms with Crippen LogP contribution in [0.1, 0.15) is 24.1 Å². The summed E-state index contributed by atoms with van der Waals surface area (Å²) in [6.07, 6.45) is 3.73. The van der Waals surface area contributed by atoms with E-state index in [9.17, 15) is 4.79 Å². The van der Waals surface area contributed by atoms with Gasteiger partial charge in [-0.25, -0.2) is 0 Å². The van der Waals surface area contributed by atoms with Gasteiger partial charge in [0.05, 0.1) is 7.11 Å². The van der Waals surface area contributed by atoms with Crippen molar-refractivity contribution in [3.05, 3.63) is 53.9 Å². The molecular formula is C21H29ClN4O3. The van der Waals surface area contributed by atoms with Crippen LogP contribution < -0.4 is 20.1 Å². The molecule has 0 saturated carbocycles. The van der Waals surface area contributed by atoms with Crippen LogP contribution in [0.3, 0.4) is 0 Å². The number of rotatable bonds is 8. The molecule has 1 aromatic heterocycles. The predicted molar refractivity (Wildman–Crippen MR) is 115 cm³/mol. The fourth-order valence-electron chi connectivity index (χ4n) is 3.39. The summed E-state index contributed by atoms with van der Waals surface area (Å²) in [6.45, 7) is 6.05. The normalized spacial score (nSPS) is 16.6. The number of nitrogens with one attached hydrogen (secondary N) is 2. The van der Waals surface area contributed by atoms with Gasteiger partial charge in [-0.05, 0) is 36.2 Å². The van der Waals surface area contributed by atoms with Gasteiger partial charge in [-0.1, -0.05) is 12.1 Å². The van der Waals surface area contributed by atoms with Crippen molar-refractivity contribution in [1.82, 2.24) is 20.5 Å². The van der Waals surface area contributed by atoms with Gasteiger partial charge in [-0.3, -0.25) is 14.7 Å². The van der Waals surface area contributed by atoms with Crippen molar-refractivity contribution >= 4 is 18.3 Å². The first-order valence-corrected chi connectivity index (χ1v) is 9.62. The van der Waals surface area contributed by atoms with Crippen molar-refractivity contribution < 1.29 is 14.3 Å². The summed E-state index contributed by atoms with van der Waals surface area (Å²) in [4.78, 5) is 18.3. The molecule has 1 amide bonds. The second kappa shape index (κ2) is 11.6. The number of hydrogen-bond acceptors (Lipinski definition) is 6. The third-order valence-electron chi connectivity index (χ3n) is 4.77. The number of amides is 1. The predicted octanol–water partition coefficient (Wildman–Crippen LogP) is 2.17. The zero-order valence-electron chi connectivity index (χ0n) is 16.9. The van der Waals surface area contributed by atoms with Crippen molar-refractivity contribution in [2.24, 2.45) is 0 Å². The van der Waals surface area contributed by atoms with Gasteiger partial charge < -0.3 is 20.1 Å². The lowest BCUT2D eigenvalue weighted by Crippen LogP contribution is -2.45. The van der Waals surface area contributed by atoms with E-state index < -0.39 is 0 Å². The first-order valence-electron chi connectivity index (χ1n) is 9.62. The molecule has 1 aliphatic heterocycles. The van der Waals surface area contributed by atoms with E-state index in [1.807, 2.05) is 37.4 Å². The number of likely N-dealkylation sites (N-methyl/N-ethyl adjacent to an activating group) is 1. The Hall–Kier alpha value is -2.35. The molecule has 8 heteroatoms. The van der Waals surface area contributed by atoms with Crippen molar-refractivity contribution in [2.75, 3.05) is 39.9 Å². The molecule has 1 aromatic carbocycles. The highest BCUT2D eigenvalue weighted by Gasteiger charge is 2.24. The number of aromatic nitrogens is 1. The fraction of sp³-hybridized carbons (Fsp3) is 0.429.